The third kappa shape index (κ3) is 3.08. The zero-order valence-corrected chi connectivity index (χ0v) is 11.2. The van der Waals surface area contributed by atoms with E-state index < -0.39 is 43.8 Å². The number of aliphatic hydroxyl groups is 1. The molecule has 0 aliphatic heterocycles. The average molecular weight is 310 g/mol. The number of nitrogens with zero attached hydrogens (tertiary/aromatic N) is 2. The third-order valence-corrected chi connectivity index (χ3v) is 4.51. The van der Waals surface area contributed by atoms with E-state index in [1.807, 2.05) is 0 Å². The van der Waals surface area contributed by atoms with Crippen molar-refractivity contribution in [3.63, 3.8) is 0 Å². The largest absolute Gasteiger partial charge is 0.395 e. The molecule has 0 atom stereocenters. The lowest BCUT2D eigenvalue weighted by Crippen LogP contribution is -2.34. The fraction of sp³-hybridized carbons (Fsp3) is 0.400. The van der Waals surface area contributed by atoms with Crippen LogP contribution in [-0.2, 0) is 10.0 Å². The number of sulfonamides is 1. The van der Waals surface area contributed by atoms with Crippen LogP contribution < -0.4 is 0 Å². The molecule has 1 aromatic carbocycles. The number of likely N-dealkylation sites (N-methyl/N-ethyl adjacent to an activating group) is 1. The molecule has 0 aliphatic rings. The Hall–Kier alpha value is -1.65. The Labute approximate surface area is 113 Å². The van der Waals surface area contributed by atoms with Crippen LogP contribution in [0.2, 0.25) is 0 Å². The van der Waals surface area contributed by atoms with Crippen molar-refractivity contribution in [2.24, 2.45) is 0 Å². The lowest BCUT2D eigenvalue weighted by Gasteiger charge is -2.19. The van der Waals surface area contributed by atoms with E-state index in [9.17, 15) is 27.3 Å². The lowest BCUT2D eigenvalue weighted by molar-refractivity contribution is -0.387. The summed E-state index contributed by atoms with van der Waals surface area (Å²) >= 11 is 0. The summed E-state index contributed by atoms with van der Waals surface area (Å²) in [7, 11) is -4.39. The van der Waals surface area contributed by atoms with Crippen molar-refractivity contribution in [2.45, 2.75) is 11.8 Å². The fourth-order valence-corrected chi connectivity index (χ4v) is 3.06. The molecule has 0 fully saturated rings. The molecule has 20 heavy (non-hydrogen) atoms. The second-order valence-electron chi connectivity index (χ2n) is 3.71. The molecule has 1 N–H and O–H groups in total. The molecule has 0 unspecified atom stereocenters. The number of hydrogen-bond acceptors (Lipinski definition) is 5. The fourth-order valence-electron chi connectivity index (χ4n) is 1.55. The van der Waals surface area contributed by atoms with Gasteiger partial charge in [-0.1, -0.05) is 6.92 Å². The van der Waals surface area contributed by atoms with Crippen molar-refractivity contribution in [2.75, 3.05) is 19.7 Å². The minimum absolute atomic E-state index is 0.0759. The summed E-state index contributed by atoms with van der Waals surface area (Å²) in [6.07, 6.45) is 0. The Morgan fingerprint density at radius 2 is 1.95 bits per heavy atom. The molecular weight excluding hydrogens is 298 g/mol. The van der Waals surface area contributed by atoms with Crippen LogP contribution in [0.4, 0.5) is 14.5 Å². The second-order valence-corrected chi connectivity index (χ2v) is 5.62. The Morgan fingerprint density at radius 1 is 1.35 bits per heavy atom. The number of halogens is 2. The van der Waals surface area contributed by atoms with Crippen LogP contribution in [0.1, 0.15) is 6.92 Å². The molecular formula is C10H12F2N2O5S. The Bertz CT molecular complexity index is 620. The van der Waals surface area contributed by atoms with Gasteiger partial charge in [0.1, 0.15) is 10.7 Å². The van der Waals surface area contributed by atoms with Gasteiger partial charge in [0.2, 0.25) is 15.8 Å². The van der Waals surface area contributed by atoms with Crippen LogP contribution in [-0.4, -0.2) is 42.4 Å². The smallest absolute Gasteiger partial charge is 0.306 e. The maximum atomic E-state index is 13.6. The van der Waals surface area contributed by atoms with Gasteiger partial charge in [-0.3, -0.25) is 10.1 Å². The lowest BCUT2D eigenvalue weighted by atomic mass is 10.3. The van der Waals surface area contributed by atoms with E-state index in [1.165, 1.54) is 6.92 Å². The van der Waals surface area contributed by atoms with E-state index in [2.05, 4.69) is 0 Å². The maximum Gasteiger partial charge on any atom is 0.306 e. The molecule has 112 valence electrons. The zero-order chi connectivity index (χ0) is 15.5. The summed E-state index contributed by atoms with van der Waals surface area (Å²) in [6.45, 7) is 0.567. The molecule has 1 rings (SSSR count). The topological polar surface area (TPSA) is 101 Å². The predicted molar refractivity (Wildman–Crippen MR) is 64.5 cm³/mol. The summed E-state index contributed by atoms with van der Waals surface area (Å²) in [4.78, 5) is 8.43. The van der Waals surface area contributed by atoms with Crippen molar-refractivity contribution < 1.29 is 27.2 Å². The Morgan fingerprint density at radius 3 is 2.40 bits per heavy atom. The monoisotopic (exact) mass is 310 g/mol. The maximum absolute atomic E-state index is 13.6. The van der Waals surface area contributed by atoms with E-state index in [0.29, 0.717) is 6.07 Å². The highest BCUT2D eigenvalue weighted by Gasteiger charge is 2.30. The molecule has 1 aromatic rings. The first-order chi connectivity index (χ1) is 9.25. The quantitative estimate of drug-likeness (QED) is 0.621. The minimum Gasteiger partial charge on any atom is -0.395 e. The number of benzene rings is 1. The summed E-state index contributed by atoms with van der Waals surface area (Å²) in [6, 6.07) is 0.484. The first kappa shape index (κ1) is 16.4. The average Bonchev–Trinajstić information content (AvgIpc) is 2.34. The van der Waals surface area contributed by atoms with E-state index in [-0.39, 0.29) is 19.2 Å². The molecule has 0 aromatic heterocycles. The van der Waals surface area contributed by atoms with Gasteiger partial charge in [0.25, 0.3) is 0 Å². The predicted octanol–water partition coefficient (Wildman–Crippen LogP) is 0.876. The zero-order valence-electron chi connectivity index (χ0n) is 10.4. The number of rotatable bonds is 6. The van der Waals surface area contributed by atoms with Crippen molar-refractivity contribution in [3.05, 3.63) is 33.9 Å². The second kappa shape index (κ2) is 6.20. The number of aliphatic hydroxyl groups excluding tert-OH is 1. The third-order valence-electron chi connectivity index (χ3n) is 2.52. The van der Waals surface area contributed by atoms with Crippen LogP contribution in [0, 0.1) is 21.7 Å². The molecule has 10 heteroatoms. The van der Waals surface area contributed by atoms with E-state index in [1.54, 1.807) is 0 Å². The normalized spacial score (nSPS) is 11.8. The van der Waals surface area contributed by atoms with Gasteiger partial charge in [-0.15, -0.1) is 0 Å². The van der Waals surface area contributed by atoms with Crippen LogP contribution in [0.25, 0.3) is 0 Å². The SMILES string of the molecule is CCN(CCO)S(=O)(=O)c1cc([N+](=O)[O-])c(F)cc1F. The number of nitro benzene ring substituents is 1. The molecule has 0 spiro atoms. The molecule has 0 bridgehead atoms. The highest BCUT2D eigenvalue weighted by Crippen LogP contribution is 2.26. The van der Waals surface area contributed by atoms with Crippen LogP contribution >= 0.6 is 0 Å². The van der Waals surface area contributed by atoms with Gasteiger partial charge in [-0.25, -0.2) is 12.8 Å². The summed E-state index contributed by atoms with van der Waals surface area (Å²) in [5.74, 6) is -2.89. The molecule has 0 heterocycles. The summed E-state index contributed by atoms with van der Waals surface area (Å²) < 4.78 is 51.7. The van der Waals surface area contributed by atoms with E-state index in [4.69, 9.17) is 5.11 Å². The highest BCUT2D eigenvalue weighted by molar-refractivity contribution is 7.89. The standard InChI is InChI=1S/C10H12F2N2O5S/c1-2-13(3-4-15)20(18,19)10-6-9(14(16)17)7(11)5-8(10)12/h5-6,15H,2-4H2,1H3. The molecule has 0 saturated carbocycles. The number of hydrogen-bond donors (Lipinski definition) is 1. The van der Waals surface area contributed by atoms with Gasteiger partial charge in [0, 0.05) is 25.2 Å². The Kier molecular flexibility index (Phi) is 5.09. The minimum atomic E-state index is -4.39. The van der Waals surface area contributed by atoms with E-state index in [0.717, 1.165) is 4.31 Å². The first-order valence-corrected chi connectivity index (χ1v) is 6.94. The van der Waals surface area contributed by atoms with Gasteiger partial charge in [-0.2, -0.15) is 8.70 Å². The van der Waals surface area contributed by atoms with Gasteiger partial charge >= 0.3 is 5.69 Å². The van der Waals surface area contributed by atoms with Gasteiger partial charge in [0.15, 0.2) is 0 Å². The number of nitro groups is 1. The van der Waals surface area contributed by atoms with E-state index >= 15 is 0 Å². The molecule has 0 saturated heterocycles. The first-order valence-electron chi connectivity index (χ1n) is 5.50. The summed E-state index contributed by atoms with van der Waals surface area (Å²) in [5.41, 5.74) is -1.13. The van der Waals surface area contributed by atoms with Crippen molar-refractivity contribution in [1.29, 1.82) is 0 Å². The van der Waals surface area contributed by atoms with Crippen LogP contribution in [0.3, 0.4) is 0 Å². The molecule has 7 nitrogen and oxygen atoms in total. The summed E-state index contributed by atoms with van der Waals surface area (Å²) in [5, 5.41) is 19.3. The van der Waals surface area contributed by atoms with Crippen molar-refractivity contribution in [3.8, 4) is 0 Å². The van der Waals surface area contributed by atoms with Gasteiger partial charge in [0.05, 0.1) is 11.5 Å². The van der Waals surface area contributed by atoms with Crippen LogP contribution in [0.15, 0.2) is 17.0 Å². The van der Waals surface area contributed by atoms with Crippen molar-refractivity contribution >= 4 is 15.7 Å². The molecule has 0 radical (unpaired) electrons. The Balaban J connectivity index is 3.45. The molecule has 0 amide bonds. The molecule has 0 aliphatic carbocycles. The highest BCUT2D eigenvalue weighted by atomic mass is 32.2. The van der Waals surface area contributed by atoms with Gasteiger partial charge in [-0.05, 0) is 0 Å². The van der Waals surface area contributed by atoms with Crippen LogP contribution in [0.5, 0.6) is 0 Å². The van der Waals surface area contributed by atoms with Gasteiger partial charge < -0.3 is 5.11 Å². The van der Waals surface area contributed by atoms with Crippen molar-refractivity contribution in [1.82, 2.24) is 4.31 Å².